The molecule has 3 heteroatoms. The van der Waals surface area contributed by atoms with E-state index in [0.717, 1.165) is 30.3 Å². The molecule has 1 aromatic carbocycles. The average Bonchev–Trinajstić information content (AvgIpc) is 2.32. The molecule has 0 aliphatic heterocycles. The van der Waals surface area contributed by atoms with E-state index in [1.165, 1.54) is 5.56 Å². The fourth-order valence-electron chi connectivity index (χ4n) is 1.94. The maximum absolute atomic E-state index is 6.22. The number of rotatable bonds is 7. The third kappa shape index (κ3) is 5.19. The van der Waals surface area contributed by atoms with Gasteiger partial charge in [0.15, 0.2) is 0 Å². The Morgan fingerprint density at radius 1 is 1.24 bits per heavy atom. The van der Waals surface area contributed by atoms with Crippen LogP contribution in [-0.4, -0.2) is 18.8 Å². The van der Waals surface area contributed by atoms with Crippen LogP contribution in [0.3, 0.4) is 0 Å². The first-order valence-electron chi connectivity index (χ1n) is 6.29. The minimum absolute atomic E-state index is 0.0797. The van der Waals surface area contributed by atoms with Crippen molar-refractivity contribution in [2.75, 3.05) is 6.61 Å². The summed E-state index contributed by atoms with van der Waals surface area (Å²) in [5, 5.41) is 0. The summed E-state index contributed by atoms with van der Waals surface area (Å²) in [7, 11) is 0. The summed E-state index contributed by atoms with van der Waals surface area (Å²) in [6.07, 6.45) is 3.19. The van der Waals surface area contributed by atoms with Crippen LogP contribution in [0.15, 0.2) is 28.7 Å². The second kappa shape index (κ2) is 7.85. The molecule has 0 spiro atoms. The first-order chi connectivity index (χ1) is 8.17. The molecule has 2 nitrogen and oxygen atoms in total. The van der Waals surface area contributed by atoms with Gasteiger partial charge in [-0.1, -0.05) is 41.4 Å². The van der Waals surface area contributed by atoms with E-state index >= 15 is 0 Å². The van der Waals surface area contributed by atoms with Gasteiger partial charge in [-0.15, -0.1) is 0 Å². The van der Waals surface area contributed by atoms with Crippen LogP contribution in [0.5, 0.6) is 0 Å². The van der Waals surface area contributed by atoms with E-state index in [0.29, 0.717) is 0 Å². The highest BCUT2D eigenvalue weighted by atomic mass is 79.9. The second-order valence-corrected chi connectivity index (χ2v) is 5.19. The lowest BCUT2D eigenvalue weighted by molar-refractivity contribution is 0.0378. The van der Waals surface area contributed by atoms with Crippen molar-refractivity contribution in [2.45, 2.75) is 45.3 Å². The summed E-state index contributed by atoms with van der Waals surface area (Å²) in [4.78, 5) is 0. The molecule has 0 aromatic heterocycles. The van der Waals surface area contributed by atoms with Crippen molar-refractivity contribution >= 4 is 15.9 Å². The minimum atomic E-state index is 0.0797. The minimum Gasteiger partial charge on any atom is -0.377 e. The highest BCUT2D eigenvalue weighted by Crippen LogP contribution is 2.14. The van der Waals surface area contributed by atoms with E-state index in [1.807, 2.05) is 6.92 Å². The van der Waals surface area contributed by atoms with Crippen LogP contribution in [0.1, 0.15) is 32.3 Å². The Morgan fingerprint density at radius 2 is 1.88 bits per heavy atom. The molecule has 0 aliphatic carbocycles. The van der Waals surface area contributed by atoms with E-state index in [-0.39, 0.29) is 12.1 Å². The average molecular weight is 300 g/mol. The molecule has 96 valence electrons. The Hall–Kier alpha value is -0.380. The van der Waals surface area contributed by atoms with Crippen molar-refractivity contribution in [3.05, 3.63) is 34.3 Å². The summed E-state index contributed by atoms with van der Waals surface area (Å²) in [5.41, 5.74) is 7.49. The first kappa shape index (κ1) is 14.7. The molecule has 0 aliphatic rings. The molecule has 17 heavy (non-hydrogen) atoms. The number of nitrogens with two attached hydrogens (primary N) is 1. The van der Waals surface area contributed by atoms with Crippen molar-refractivity contribution < 1.29 is 4.74 Å². The smallest absolute Gasteiger partial charge is 0.0728 e. The zero-order valence-corrected chi connectivity index (χ0v) is 12.2. The largest absolute Gasteiger partial charge is 0.377 e. The molecule has 2 N–H and O–H groups in total. The summed E-state index contributed by atoms with van der Waals surface area (Å²) in [6.45, 7) is 4.92. The number of benzene rings is 1. The lowest BCUT2D eigenvalue weighted by atomic mass is 9.99. The van der Waals surface area contributed by atoms with Crippen LogP contribution >= 0.6 is 15.9 Å². The van der Waals surface area contributed by atoms with E-state index in [1.54, 1.807) is 0 Å². The zero-order valence-electron chi connectivity index (χ0n) is 10.7. The summed E-state index contributed by atoms with van der Waals surface area (Å²) >= 11 is 3.43. The summed E-state index contributed by atoms with van der Waals surface area (Å²) in [5.74, 6) is 0. The Morgan fingerprint density at radius 3 is 2.41 bits per heavy atom. The van der Waals surface area contributed by atoms with Gasteiger partial charge in [0.1, 0.15) is 0 Å². The maximum atomic E-state index is 6.22. The molecule has 0 saturated carbocycles. The zero-order chi connectivity index (χ0) is 12.7. The standard InChI is InChI=1S/C14H22BrNO/c1-3-5-14(17-4-2)13(16)10-11-6-8-12(15)9-7-11/h6-9,13-14H,3-5,10,16H2,1-2H3. The molecule has 2 unspecified atom stereocenters. The van der Waals surface area contributed by atoms with Gasteiger partial charge in [-0.25, -0.2) is 0 Å². The van der Waals surface area contributed by atoms with Crippen LogP contribution in [0.2, 0.25) is 0 Å². The molecule has 0 amide bonds. The van der Waals surface area contributed by atoms with Crippen LogP contribution in [0.4, 0.5) is 0 Å². The Labute approximate surface area is 113 Å². The van der Waals surface area contributed by atoms with Gasteiger partial charge in [0, 0.05) is 17.1 Å². The van der Waals surface area contributed by atoms with Gasteiger partial charge >= 0.3 is 0 Å². The molecule has 0 heterocycles. The monoisotopic (exact) mass is 299 g/mol. The predicted octanol–water partition coefficient (Wildman–Crippen LogP) is 3.52. The number of ether oxygens (including phenoxy) is 1. The van der Waals surface area contributed by atoms with Gasteiger partial charge in [-0.2, -0.15) is 0 Å². The molecular formula is C14H22BrNO. The van der Waals surface area contributed by atoms with E-state index in [2.05, 4.69) is 47.1 Å². The maximum Gasteiger partial charge on any atom is 0.0728 e. The number of hydrogen-bond acceptors (Lipinski definition) is 2. The summed E-state index contributed by atoms with van der Waals surface area (Å²) < 4.78 is 6.81. The van der Waals surface area contributed by atoms with Crippen LogP contribution in [-0.2, 0) is 11.2 Å². The Bertz CT molecular complexity index is 307. The van der Waals surface area contributed by atoms with Crippen molar-refractivity contribution in [2.24, 2.45) is 5.73 Å². The predicted molar refractivity (Wildman–Crippen MR) is 76.1 cm³/mol. The van der Waals surface area contributed by atoms with Crippen molar-refractivity contribution in [1.82, 2.24) is 0 Å². The molecule has 0 radical (unpaired) electrons. The Balaban J connectivity index is 2.55. The molecule has 1 aromatic rings. The van der Waals surface area contributed by atoms with Gasteiger partial charge in [0.2, 0.25) is 0 Å². The van der Waals surface area contributed by atoms with Crippen molar-refractivity contribution in [1.29, 1.82) is 0 Å². The van der Waals surface area contributed by atoms with E-state index < -0.39 is 0 Å². The van der Waals surface area contributed by atoms with Crippen LogP contribution in [0, 0.1) is 0 Å². The number of halogens is 1. The quantitative estimate of drug-likeness (QED) is 0.836. The lowest BCUT2D eigenvalue weighted by Gasteiger charge is -2.23. The fraction of sp³-hybridized carbons (Fsp3) is 0.571. The highest BCUT2D eigenvalue weighted by Gasteiger charge is 2.17. The Kier molecular flexibility index (Phi) is 6.78. The van der Waals surface area contributed by atoms with E-state index in [4.69, 9.17) is 10.5 Å². The van der Waals surface area contributed by atoms with E-state index in [9.17, 15) is 0 Å². The topological polar surface area (TPSA) is 35.2 Å². The van der Waals surface area contributed by atoms with Gasteiger partial charge < -0.3 is 10.5 Å². The van der Waals surface area contributed by atoms with Crippen LogP contribution in [0.25, 0.3) is 0 Å². The third-order valence-corrected chi connectivity index (χ3v) is 3.34. The molecular weight excluding hydrogens is 278 g/mol. The van der Waals surface area contributed by atoms with Gasteiger partial charge in [-0.05, 0) is 37.5 Å². The highest BCUT2D eigenvalue weighted by molar-refractivity contribution is 9.10. The molecule has 0 saturated heterocycles. The van der Waals surface area contributed by atoms with Gasteiger partial charge in [0.25, 0.3) is 0 Å². The SMILES string of the molecule is CCCC(OCC)C(N)Cc1ccc(Br)cc1. The summed E-state index contributed by atoms with van der Waals surface area (Å²) in [6, 6.07) is 8.41. The van der Waals surface area contributed by atoms with Gasteiger partial charge in [-0.3, -0.25) is 0 Å². The van der Waals surface area contributed by atoms with Crippen molar-refractivity contribution in [3.63, 3.8) is 0 Å². The molecule has 1 rings (SSSR count). The first-order valence-corrected chi connectivity index (χ1v) is 7.08. The number of hydrogen-bond donors (Lipinski definition) is 1. The lowest BCUT2D eigenvalue weighted by Crippen LogP contribution is -2.38. The third-order valence-electron chi connectivity index (χ3n) is 2.82. The second-order valence-electron chi connectivity index (χ2n) is 4.28. The normalized spacial score (nSPS) is 14.6. The van der Waals surface area contributed by atoms with Crippen LogP contribution < -0.4 is 5.73 Å². The molecule has 2 atom stereocenters. The fourth-order valence-corrected chi connectivity index (χ4v) is 2.21. The van der Waals surface area contributed by atoms with Gasteiger partial charge in [0.05, 0.1) is 6.10 Å². The molecule has 0 bridgehead atoms. The van der Waals surface area contributed by atoms with Crippen molar-refractivity contribution in [3.8, 4) is 0 Å². The molecule has 0 fully saturated rings.